The molecule has 1 nitrogen and oxygen atoms in total. The molecule has 0 heterocycles. The third-order valence-electron chi connectivity index (χ3n) is 9.88. The minimum atomic E-state index is 0.179. The van der Waals surface area contributed by atoms with Gasteiger partial charge in [-0.3, -0.25) is 0 Å². The molecule has 0 aromatic heterocycles. The van der Waals surface area contributed by atoms with E-state index in [-0.39, 0.29) is 15.8 Å². The largest absolute Gasteiger partial charge is 0.312 e. The summed E-state index contributed by atoms with van der Waals surface area (Å²) in [6.07, 6.45) is 33.9. The van der Waals surface area contributed by atoms with Crippen LogP contribution in [-0.2, 0) is 0 Å². The summed E-state index contributed by atoms with van der Waals surface area (Å²) in [5, 5.41) is 0. The van der Waals surface area contributed by atoms with Crippen molar-refractivity contribution in [3.8, 4) is 0 Å². The summed E-state index contributed by atoms with van der Waals surface area (Å²) in [5.41, 5.74) is 12.8. The molecule has 0 radical (unpaired) electrons. The van der Waals surface area contributed by atoms with Crippen molar-refractivity contribution in [2.75, 3.05) is 6.16 Å². The Morgan fingerprint density at radius 2 is 0.909 bits per heavy atom. The minimum absolute atomic E-state index is 0.179. The highest BCUT2D eigenvalue weighted by Crippen LogP contribution is 2.64. The van der Waals surface area contributed by atoms with Crippen LogP contribution in [0.2, 0.25) is 0 Å². The van der Waals surface area contributed by atoms with Gasteiger partial charge in [0.25, 0.3) is 0 Å². The molecule has 0 amide bonds. The minimum Gasteiger partial charge on any atom is -0.312 e. The Balaban J connectivity index is 1.51. The lowest BCUT2D eigenvalue weighted by molar-refractivity contribution is 0.476. The first kappa shape index (κ1) is 27.3. The van der Waals surface area contributed by atoms with E-state index in [0.717, 1.165) is 34.0 Å². The molecular weight excluding hydrogens is 455 g/mol. The van der Waals surface area contributed by atoms with E-state index < -0.39 is 0 Å². The molecule has 0 aromatic rings. The van der Waals surface area contributed by atoms with Gasteiger partial charge >= 0.3 is 0 Å². The molecule has 4 aliphatic rings. The molecule has 0 spiro atoms. The predicted molar refractivity (Wildman–Crippen MR) is 157 cm³/mol. The normalized spacial score (nSPS) is 27.6. The molecule has 4 rings (SSSR count). The lowest BCUT2D eigenvalue weighted by Gasteiger charge is -2.47. The zero-order valence-corrected chi connectivity index (χ0v) is 24.8. The van der Waals surface area contributed by atoms with Crippen LogP contribution in [0.15, 0.2) is 0 Å². The van der Waals surface area contributed by atoms with Crippen molar-refractivity contribution < 1.29 is 0 Å². The van der Waals surface area contributed by atoms with Crippen molar-refractivity contribution in [2.24, 2.45) is 5.50 Å². The van der Waals surface area contributed by atoms with E-state index in [9.17, 15) is 0 Å². The lowest BCUT2D eigenvalue weighted by atomic mass is 9.99. The zero-order valence-electron chi connectivity index (χ0n) is 22.0. The molecule has 4 aliphatic carbocycles. The first-order valence-electron chi connectivity index (χ1n) is 15.3. The Kier molecular flexibility index (Phi) is 12.3. The number of nitrogens with two attached hydrogens (primary N) is 1. The Bertz CT molecular complexity index is 483. The van der Waals surface area contributed by atoms with Gasteiger partial charge in [0, 0.05) is 0 Å². The van der Waals surface area contributed by atoms with Gasteiger partial charge in [-0.05, 0) is 97.9 Å². The maximum Gasteiger partial charge on any atom is -0.0150 e. The summed E-state index contributed by atoms with van der Waals surface area (Å²) in [5.74, 6) is 0. The van der Waals surface area contributed by atoms with Gasteiger partial charge in [-0.2, -0.15) is 0 Å². The third kappa shape index (κ3) is 7.87. The maximum absolute atomic E-state index is 6.41. The highest BCUT2D eigenvalue weighted by molar-refractivity contribution is 7.61. The van der Waals surface area contributed by atoms with Crippen LogP contribution in [0.1, 0.15) is 142 Å². The first-order chi connectivity index (χ1) is 16.3. The van der Waals surface area contributed by atoms with Crippen molar-refractivity contribution in [1.82, 2.24) is 0 Å². The number of rotatable bonds is 10. The smallest absolute Gasteiger partial charge is 0.0150 e. The van der Waals surface area contributed by atoms with Crippen molar-refractivity contribution in [2.45, 2.75) is 176 Å². The monoisotopic (exact) mass is 511 g/mol. The number of hydrogen-bond acceptors (Lipinski definition) is 1. The molecule has 2 N–H and O–H groups in total. The van der Waals surface area contributed by atoms with E-state index in [2.05, 4.69) is 6.92 Å². The van der Waals surface area contributed by atoms with Crippen LogP contribution in [0.4, 0.5) is 0 Å². The fourth-order valence-corrected chi connectivity index (χ4v) is 18.9. The predicted octanol–water partition coefficient (Wildman–Crippen LogP) is 9.98. The average molecular weight is 512 g/mol. The fourth-order valence-electron chi connectivity index (χ4n) is 8.39. The van der Waals surface area contributed by atoms with Crippen molar-refractivity contribution in [3.63, 3.8) is 0 Å². The molecule has 0 bridgehead atoms. The Hall–Kier alpha value is 1.25. The molecule has 3 atom stereocenters. The topological polar surface area (TPSA) is 26.0 Å². The van der Waals surface area contributed by atoms with E-state index in [4.69, 9.17) is 5.50 Å². The molecule has 0 aromatic carbocycles. The quantitative estimate of drug-likeness (QED) is 0.290. The zero-order chi connectivity index (χ0) is 22.9. The van der Waals surface area contributed by atoms with Crippen molar-refractivity contribution in [3.05, 3.63) is 0 Å². The molecule has 4 saturated carbocycles. The van der Waals surface area contributed by atoms with Gasteiger partial charge in [0.15, 0.2) is 0 Å². The third-order valence-corrected chi connectivity index (χ3v) is 18.9. The molecular formula is C29H56NP3. The second-order valence-corrected chi connectivity index (χ2v) is 19.3. The molecule has 0 saturated heterocycles. The van der Waals surface area contributed by atoms with E-state index in [1.807, 2.05) is 0 Å². The maximum atomic E-state index is 6.41. The summed E-state index contributed by atoms with van der Waals surface area (Å²) < 4.78 is 0. The summed E-state index contributed by atoms with van der Waals surface area (Å²) in [6, 6.07) is 0. The standard InChI is InChI=1S/C29H56NP3/c1-24(32(25-14-6-2-7-15-25)26-16-8-3-9-17-26)22-29(23-31-30)33(27-18-10-4-11-19-27)28-20-12-5-13-21-28/h24-29,31H,2-23,30H2,1H3. The van der Waals surface area contributed by atoms with Crippen molar-refractivity contribution >= 4 is 24.6 Å². The van der Waals surface area contributed by atoms with Crippen LogP contribution in [0.5, 0.6) is 0 Å². The van der Waals surface area contributed by atoms with Gasteiger partial charge in [0.05, 0.1) is 0 Å². The van der Waals surface area contributed by atoms with E-state index in [1.54, 1.807) is 57.8 Å². The number of hydrogen-bond donors (Lipinski definition) is 1. The Labute approximate surface area is 211 Å². The summed E-state index contributed by atoms with van der Waals surface area (Å²) in [6.45, 7) is 2.76. The van der Waals surface area contributed by atoms with Crippen LogP contribution in [-0.4, -0.2) is 40.1 Å². The molecule has 3 unspecified atom stereocenters. The van der Waals surface area contributed by atoms with Crippen LogP contribution < -0.4 is 5.50 Å². The van der Waals surface area contributed by atoms with Gasteiger partial charge in [0.1, 0.15) is 0 Å². The highest BCUT2D eigenvalue weighted by Gasteiger charge is 2.40. The first-order valence-corrected chi connectivity index (χ1v) is 19.6. The average Bonchev–Trinajstić information content (AvgIpc) is 2.87. The fraction of sp³-hybridized carbons (Fsp3) is 1.00. The molecule has 0 aliphatic heterocycles. The van der Waals surface area contributed by atoms with Crippen LogP contribution in [0, 0.1) is 0 Å². The van der Waals surface area contributed by atoms with Gasteiger partial charge in [0.2, 0.25) is 0 Å². The van der Waals surface area contributed by atoms with E-state index in [1.165, 1.54) is 83.2 Å². The Morgan fingerprint density at radius 1 is 0.576 bits per heavy atom. The summed E-state index contributed by atoms with van der Waals surface area (Å²) in [7, 11) is 1.08. The van der Waals surface area contributed by atoms with Crippen LogP contribution in [0.25, 0.3) is 0 Å². The van der Waals surface area contributed by atoms with Crippen LogP contribution >= 0.6 is 24.6 Å². The molecule has 192 valence electrons. The molecule has 4 heteroatoms. The lowest BCUT2D eigenvalue weighted by Crippen LogP contribution is -2.32. The van der Waals surface area contributed by atoms with Gasteiger partial charge in [-0.15, -0.1) is 0 Å². The molecule has 33 heavy (non-hydrogen) atoms. The molecule has 4 fully saturated rings. The van der Waals surface area contributed by atoms with Crippen molar-refractivity contribution in [1.29, 1.82) is 0 Å². The summed E-state index contributed by atoms with van der Waals surface area (Å²) >= 11 is 0. The highest BCUT2D eigenvalue weighted by atomic mass is 31.1. The Morgan fingerprint density at radius 3 is 1.24 bits per heavy atom. The van der Waals surface area contributed by atoms with Gasteiger partial charge < -0.3 is 5.50 Å². The van der Waals surface area contributed by atoms with Gasteiger partial charge in [-0.1, -0.05) is 109 Å². The second-order valence-electron chi connectivity index (χ2n) is 12.2. The van der Waals surface area contributed by atoms with E-state index in [0.29, 0.717) is 8.73 Å². The SMILES string of the molecule is CC(CC(CPN)P(C1CCCCC1)C1CCCCC1)P(C1CCCCC1)C1CCCCC1. The van der Waals surface area contributed by atoms with Crippen LogP contribution in [0.3, 0.4) is 0 Å². The summed E-state index contributed by atoms with van der Waals surface area (Å²) in [4.78, 5) is 0. The van der Waals surface area contributed by atoms with Gasteiger partial charge in [-0.25, -0.2) is 0 Å². The second kappa shape index (κ2) is 14.9. The van der Waals surface area contributed by atoms with E-state index >= 15 is 0 Å².